The standard InChI is InChI=1S/C14H17N3O3/c1-3-19-7-8-20-14(18)17-12-9-11-5-4-6-15-13(11)16-10(12)2/h4-6,9H,3,7-8H2,1-2H3,(H,17,18). The second-order valence-corrected chi connectivity index (χ2v) is 4.13. The summed E-state index contributed by atoms with van der Waals surface area (Å²) in [5, 5.41) is 3.54. The van der Waals surface area contributed by atoms with Gasteiger partial charge in [-0.25, -0.2) is 14.8 Å². The Morgan fingerprint density at radius 2 is 2.25 bits per heavy atom. The van der Waals surface area contributed by atoms with Gasteiger partial charge in [-0.1, -0.05) is 0 Å². The lowest BCUT2D eigenvalue weighted by Crippen LogP contribution is -2.17. The molecular formula is C14H17N3O3. The van der Waals surface area contributed by atoms with Gasteiger partial charge in [-0.15, -0.1) is 0 Å². The molecule has 0 aromatic carbocycles. The summed E-state index contributed by atoms with van der Waals surface area (Å²) in [6.07, 6.45) is 1.17. The van der Waals surface area contributed by atoms with Crippen LogP contribution in [0.5, 0.6) is 0 Å². The first-order chi connectivity index (χ1) is 9.70. The Hall–Kier alpha value is -2.21. The Bertz CT molecular complexity index is 601. The third-order valence-electron chi connectivity index (χ3n) is 2.68. The minimum absolute atomic E-state index is 0.223. The number of anilines is 1. The van der Waals surface area contributed by atoms with Gasteiger partial charge < -0.3 is 9.47 Å². The molecule has 0 unspecified atom stereocenters. The summed E-state index contributed by atoms with van der Waals surface area (Å²) in [5.74, 6) is 0. The molecule has 0 aliphatic carbocycles. The van der Waals surface area contributed by atoms with E-state index in [0.29, 0.717) is 30.2 Å². The molecule has 0 saturated carbocycles. The highest BCUT2D eigenvalue weighted by Gasteiger charge is 2.08. The van der Waals surface area contributed by atoms with E-state index in [4.69, 9.17) is 9.47 Å². The molecule has 2 heterocycles. The van der Waals surface area contributed by atoms with Crippen LogP contribution in [-0.2, 0) is 9.47 Å². The number of aromatic nitrogens is 2. The van der Waals surface area contributed by atoms with Crippen molar-refractivity contribution in [1.82, 2.24) is 9.97 Å². The molecule has 2 rings (SSSR count). The van der Waals surface area contributed by atoms with Crippen LogP contribution in [0.1, 0.15) is 12.6 Å². The Morgan fingerprint density at radius 1 is 1.40 bits per heavy atom. The molecule has 106 valence electrons. The first kappa shape index (κ1) is 14.2. The number of hydrogen-bond acceptors (Lipinski definition) is 5. The SMILES string of the molecule is CCOCCOC(=O)Nc1cc2cccnc2nc1C. The van der Waals surface area contributed by atoms with Gasteiger partial charge in [0, 0.05) is 18.2 Å². The molecule has 0 saturated heterocycles. The fourth-order valence-corrected chi connectivity index (χ4v) is 1.70. The van der Waals surface area contributed by atoms with Gasteiger partial charge >= 0.3 is 6.09 Å². The summed E-state index contributed by atoms with van der Waals surface area (Å²) in [6.45, 7) is 4.91. The molecule has 6 heteroatoms. The van der Waals surface area contributed by atoms with E-state index in [-0.39, 0.29) is 6.61 Å². The predicted octanol–water partition coefficient (Wildman–Crippen LogP) is 2.52. The topological polar surface area (TPSA) is 73.3 Å². The lowest BCUT2D eigenvalue weighted by atomic mass is 10.2. The van der Waals surface area contributed by atoms with E-state index in [1.165, 1.54) is 0 Å². The molecule has 1 N–H and O–H groups in total. The van der Waals surface area contributed by atoms with Crippen LogP contribution in [0.25, 0.3) is 11.0 Å². The number of amides is 1. The minimum atomic E-state index is -0.516. The van der Waals surface area contributed by atoms with Crippen LogP contribution in [0.4, 0.5) is 10.5 Å². The summed E-state index contributed by atoms with van der Waals surface area (Å²) in [6, 6.07) is 5.54. The molecule has 0 bridgehead atoms. The number of fused-ring (bicyclic) bond motifs is 1. The second-order valence-electron chi connectivity index (χ2n) is 4.13. The van der Waals surface area contributed by atoms with Crippen LogP contribution in [0.15, 0.2) is 24.4 Å². The third kappa shape index (κ3) is 3.64. The monoisotopic (exact) mass is 275 g/mol. The number of nitrogens with zero attached hydrogens (tertiary/aromatic N) is 2. The van der Waals surface area contributed by atoms with Crippen molar-refractivity contribution in [3.63, 3.8) is 0 Å². The van der Waals surface area contributed by atoms with Crippen LogP contribution in [0.3, 0.4) is 0 Å². The Labute approximate surface area is 117 Å². The number of carbonyl (C=O) groups excluding carboxylic acids is 1. The molecule has 0 fully saturated rings. The number of rotatable bonds is 5. The number of pyridine rings is 2. The third-order valence-corrected chi connectivity index (χ3v) is 2.68. The van der Waals surface area contributed by atoms with E-state index in [2.05, 4.69) is 15.3 Å². The molecule has 0 radical (unpaired) electrons. The van der Waals surface area contributed by atoms with Crippen molar-refractivity contribution < 1.29 is 14.3 Å². The summed E-state index contributed by atoms with van der Waals surface area (Å²) < 4.78 is 10.1. The van der Waals surface area contributed by atoms with Crippen molar-refractivity contribution in [3.8, 4) is 0 Å². The average molecular weight is 275 g/mol. The highest BCUT2D eigenvalue weighted by Crippen LogP contribution is 2.18. The van der Waals surface area contributed by atoms with Gasteiger partial charge in [-0.3, -0.25) is 5.32 Å². The minimum Gasteiger partial charge on any atom is -0.447 e. The summed E-state index contributed by atoms with van der Waals surface area (Å²) in [4.78, 5) is 20.1. The van der Waals surface area contributed by atoms with E-state index >= 15 is 0 Å². The molecule has 1 amide bonds. The van der Waals surface area contributed by atoms with Crippen molar-refractivity contribution in [2.75, 3.05) is 25.1 Å². The van der Waals surface area contributed by atoms with Crippen LogP contribution in [0, 0.1) is 6.92 Å². The zero-order valence-electron chi connectivity index (χ0n) is 11.5. The van der Waals surface area contributed by atoms with Crippen molar-refractivity contribution in [1.29, 1.82) is 0 Å². The number of hydrogen-bond donors (Lipinski definition) is 1. The van der Waals surface area contributed by atoms with Crippen LogP contribution >= 0.6 is 0 Å². The highest BCUT2D eigenvalue weighted by molar-refractivity contribution is 5.89. The van der Waals surface area contributed by atoms with E-state index < -0.39 is 6.09 Å². The van der Waals surface area contributed by atoms with Gasteiger partial charge in [0.15, 0.2) is 5.65 Å². The summed E-state index contributed by atoms with van der Waals surface area (Å²) in [5.41, 5.74) is 1.96. The van der Waals surface area contributed by atoms with Gasteiger partial charge in [-0.2, -0.15) is 0 Å². The van der Waals surface area contributed by atoms with E-state index in [1.807, 2.05) is 32.0 Å². The number of aryl methyl sites for hydroxylation is 1. The van der Waals surface area contributed by atoms with Gasteiger partial charge in [0.1, 0.15) is 6.61 Å². The largest absolute Gasteiger partial charge is 0.447 e. The Morgan fingerprint density at radius 3 is 3.05 bits per heavy atom. The molecule has 0 aliphatic heterocycles. The number of nitrogens with one attached hydrogen (secondary N) is 1. The summed E-state index contributed by atoms with van der Waals surface area (Å²) >= 11 is 0. The van der Waals surface area contributed by atoms with Crippen molar-refractivity contribution in [2.24, 2.45) is 0 Å². The molecule has 0 aliphatic rings. The number of ether oxygens (including phenoxy) is 2. The van der Waals surface area contributed by atoms with Crippen molar-refractivity contribution in [3.05, 3.63) is 30.1 Å². The first-order valence-corrected chi connectivity index (χ1v) is 6.44. The maximum atomic E-state index is 11.6. The Balaban J connectivity index is 2.01. The van der Waals surface area contributed by atoms with Crippen LogP contribution < -0.4 is 5.32 Å². The molecule has 0 spiro atoms. The van der Waals surface area contributed by atoms with Crippen LogP contribution in [-0.4, -0.2) is 35.9 Å². The van der Waals surface area contributed by atoms with Gasteiger partial charge in [0.05, 0.1) is 18.0 Å². The van der Waals surface area contributed by atoms with Gasteiger partial charge in [-0.05, 0) is 32.0 Å². The Kier molecular flexibility index (Phi) is 4.84. The maximum Gasteiger partial charge on any atom is 0.411 e. The second kappa shape index (κ2) is 6.81. The molecule has 2 aromatic heterocycles. The lowest BCUT2D eigenvalue weighted by molar-refractivity contribution is 0.0850. The fourth-order valence-electron chi connectivity index (χ4n) is 1.70. The van der Waals surface area contributed by atoms with Crippen molar-refractivity contribution >= 4 is 22.8 Å². The lowest BCUT2D eigenvalue weighted by Gasteiger charge is -2.09. The average Bonchev–Trinajstić information content (AvgIpc) is 2.44. The molecule has 0 atom stereocenters. The summed E-state index contributed by atoms with van der Waals surface area (Å²) in [7, 11) is 0. The fraction of sp³-hybridized carbons (Fsp3) is 0.357. The number of carbonyl (C=O) groups is 1. The maximum absolute atomic E-state index is 11.6. The highest BCUT2D eigenvalue weighted by atomic mass is 16.6. The van der Waals surface area contributed by atoms with E-state index in [9.17, 15) is 4.79 Å². The van der Waals surface area contributed by atoms with Crippen molar-refractivity contribution in [2.45, 2.75) is 13.8 Å². The first-order valence-electron chi connectivity index (χ1n) is 6.44. The van der Waals surface area contributed by atoms with Crippen LogP contribution in [0.2, 0.25) is 0 Å². The molecule has 6 nitrogen and oxygen atoms in total. The smallest absolute Gasteiger partial charge is 0.411 e. The van der Waals surface area contributed by atoms with E-state index in [0.717, 1.165) is 5.39 Å². The predicted molar refractivity (Wildman–Crippen MR) is 75.7 cm³/mol. The normalized spacial score (nSPS) is 10.5. The molecular weight excluding hydrogens is 258 g/mol. The molecule has 2 aromatic rings. The zero-order chi connectivity index (χ0) is 14.4. The van der Waals surface area contributed by atoms with E-state index in [1.54, 1.807) is 6.20 Å². The molecule has 20 heavy (non-hydrogen) atoms. The van der Waals surface area contributed by atoms with Gasteiger partial charge in [0.2, 0.25) is 0 Å². The zero-order valence-corrected chi connectivity index (χ0v) is 11.5. The van der Waals surface area contributed by atoms with Gasteiger partial charge in [0.25, 0.3) is 0 Å². The quantitative estimate of drug-likeness (QED) is 0.849.